The van der Waals surface area contributed by atoms with Crippen molar-refractivity contribution in [3.05, 3.63) is 23.8 Å². The van der Waals surface area contributed by atoms with Crippen LogP contribution in [0.25, 0.3) is 0 Å². The van der Waals surface area contributed by atoms with Gasteiger partial charge in [-0.3, -0.25) is 0 Å². The molecule has 1 aliphatic carbocycles. The van der Waals surface area contributed by atoms with Gasteiger partial charge in [-0.15, -0.1) is 0 Å². The molecule has 3 N–H and O–H groups in total. The van der Waals surface area contributed by atoms with Gasteiger partial charge in [0.25, 0.3) is 0 Å². The average molecular weight is 335 g/mol. The summed E-state index contributed by atoms with van der Waals surface area (Å²) < 4.78 is 10.8. The average Bonchev–Trinajstić information content (AvgIpc) is 3.41. The fraction of sp³-hybridized carbons (Fsp3) is 0.611. The van der Waals surface area contributed by atoms with Crippen LogP contribution in [-0.2, 0) is 11.3 Å². The van der Waals surface area contributed by atoms with Crippen LogP contribution in [-0.4, -0.2) is 44.5 Å². The highest BCUT2D eigenvalue weighted by molar-refractivity contribution is 5.79. The smallest absolute Gasteiger partial charge is 0.191 e. The molecule has 1 aromatic carbocycles. The van der Waals surface area contributed by atoms with E-state index in [1.807, 2.05) is 6.92 Å². The summed E-state index contributed by atoms with van der Waals surface area (Å²) in [5.41, 5.74) is 0.735. The van der Waals surface area contributed by atoms with Crippen molar-refractivity contribution in [1.82, 2.24) is 10.6 Å². The first-order valence-corrected chi connectivity index (χ1v) is 8.68. The van der Waals surface area contributed by atoms with Crippen LogP contribution in [0.3, 0.4) is 0 Å². The minimum atomic E-state index is 0.226. The highest BCUT2D eigenvalue weighted by Gasteiger charge is 2.20. The number of aliphatic imine (C=N–C) groups is 1. The Bertz CT molecular complexity index is 530. The fourth-order valence-corrected chi connectivity index (χ4v) is 2.24. The normalized spacial score (nSPS) is 14.5. The second-order valence-electron chi connectivity index (χ2n) is 5.99. The molecule has 1 aliphatic rings. The van der Waals surface area contributed by atoms with E-state index in [0.717, 1.165) is 50.2 Å². The Labute approximate surface area is 144 Å². The predicted molar refractivity (Wildman–Crippen MR) is 95.6 cm³/mol. The van der Waals surface area contributed by atoms with E-state index in [4.69, 9.17) is 9.47 Å². The first-order chi connectivity index (χ1) is 11.7. The van der Waals surface area contributed by atoms with Crippen LogP contribution in [0.1, 0.15) is 31.7 Å². The van der Waals surface area contributed by atoms with Gasteiger partial charge in [0.1, 0.15) is 11.5 Å². The highest BCUT2D eigenvalue weighted by Crippen LogP contribution is 2.28. The maximum absolute atomic E-state index is 9.91. The van der Waals surface area contributed by atoms with Crippen molar-refractivity contribution in [1.29, 1.82) is 0 Å². The van der Waals surface area contributed by atoms with Crippen molar-refractivity contribution < 1.29 is 14.6 Å². The molecule has 0 saturated heterocycles. The zero-order valence-electron chi connectivity index (χ0n) is 14.7. The lowest BCUT2D eigenvalue weighted by Crippen LogP contribution is -2.38. The largest absolute Gasteiger partial charge is 0.508 e. The molecule has 0 aromatic heterocycles. The third kappa shape index (κ3) is 6.66. The Morgan fingerprint density at radius 2 is 2.17 bits per heavy atom. The summed E-state index contributed by atoms with van der Waals surface area (Å²) in [5, 5.41) is 16.4. The number of benzene rings is 1. The monoisotopic (exact) mass is 335 g/mol. The third-order valence-electron chi connectivity index (χ3n) is 3.85. The van der Waals surface area contributed by atoms with Gasteiger partial charge in [-0.25, -0.2) is 4.99 Å². The van der Waals surface area contributed by atoms with Gasteiger partial charge in [-0.05, 0) is 50.3 Å². The van der Waals surface area contributed by atoms with E-state index in [1.54, 1.807) is 25.3 Å². The van der Waals surface area contributed by atoms with Gasteiger partial charge in [0.15, 0.2) is 5.96 Å². The van der Waals surface area contributed by atoms with Crippen molar-refractivity contribution in [2.75, 3.05) is 33.4 Å². The molecule has 0 aliphatic heterocycles. The van der Waals surface area contributed by atoms with Gasteiger partial charge in [0.05, 0.1) is 13.7 Å². The number of ether oxygens (including phenoxy) is 2. The van der Waals surface area contributed by atoms with E-state index in [1.165, 1.54) is 12.8 Å². The summed E-state index contributed by atoms with van der Waals surface area (Å²) in [5.74, 6) is 2.49. The molecule has 6 heteroatoms. The van der Waals surface area contributed by atoms with E-state index in [2.05, 4.69) is 15.6 Å². The number of nitrogens with one attached hydrogen (secondary N) is 2. The SMILES string of the molecule is CCNC(=NCc1cc(OC)ccc1O)NCCCOCC1CC1. The molecule has 2 rings (SSSR count). The topological polar surface area (TPSA) is 75.1 Å². The lowest BCUT2D eigenvalue weighted by Gasteiger charge is -2.12. The van der Waals surface area contributed by atoms with Crippen molar-refractivity contribution in [2.24, 2.45) is 10.9 Å². The number of phenols is 1. The summed E-state index contributed by atoms with van der Waals surface area (Å²) in [6.07, 6.45) is 3.60. The van der Waals surface area contributed by atoms with Gasteiger partial charge in [0, 0.05) is 31.9 Å². The summed E-state index contributed by atoms with van der Waals surface area (Å²) in [6, 6.07) is 5.16. The van der Waals surface area contributed by atoms with Crippen molar-refractivity contribution in [3.8, 4) is 11.5 Å². The number of methoxy groups -OCH3 is 1. The van der Waals surface area contributed by atoms with Crippen molar-refractivity contribution in [2.45, 2.75) is 32.7 Å². The van der Waals surface area contributed by atoms with Gasteiger partial charge < -0.3 is 25.2 Å². The Balaban J connectivity index is 1.76. The molecule has 0 heterocycles. The number of phenolic OH excluding ortho intramolecular Hbond substituents is 1. The number of nitrogens with zero attached hydrogens (tertiary/aromatic N) is 1. The van der Waals surface area contributed by atoms with Crippen LogP contribution in [0.2, 0.25) is 0 Å². The predicted octanol–water partition coefficient (Wildman–Crippen LogP) is 2.27. The molecule has 1 saturated carbocycles. The van der Waals surface area contributed by atoms with E-state index in [9.17, 15) is 5.11 Å². The molecule has 6 nitrogen and oxygen atoms in total. The summed E-state index contributed by atoms with van der Waals surface area (Å²) >= 11 is 0. The van der Waals surface area contributed by atoms with Gasteiger partial charge in [0.2, 0.25) is 0 Å². The molecule has 134 valence electrons. The Kier molecular flexibility index (Phi) is 7.68. The molecule has 0 unspecified atom stereocenters. The maximum atomic E-state index is 9.91. The van der Waals surface area contributed by atoms with E-state index in [0.29, 0.717) is 12.3 Å². The summed E-state index contributed by atoms with van der Waals surface area (Å²) in [7, 11) is 1.61. The molecule has 0 bridgehead atoms. The number of rotatable bonds is 10. The number of aromatic hydroxyl groups is 1. The molecule has 1 fully saturated rings. The second kappa shape index (κ2) is 10.0. The third-order valence-corrected chi connectivity index (χ3v) is 3.85. The Hall–Kier alpha value is -1.95. The molecule has 24 heavy (non-hydrogen) atoms. The maximum Gasteiger partial charge on any atom is 0.191 e. The minimum absolute atomic E-state index is 0.226. The molecule has 1 aromatic rings. The van der Waals surface area contributed by atoms with E-state index in [-0.39, 0.29) is 5.75 Å². The molecular weight excluding hydrogens is 306 g/mol. The lowest BCUT2D eigenvalue weighted by molar-refractivity contribution is 0.123. The van der Waals surface area contributed by atoms with Crippen LogP contribution < -0.4 is 15.4 Å². The second-order valence-corrected chi connectivity index (χ2v) is 5.99. The number of hydrogen-bond acceptors (Lipinski definition) is 4. The summed E-state index contributed by atoms with van der Waals surface area (Å²) in [6.45, 7) is 5.69. The van der Waals surface area contributed by atoms with E-state index >= 15 is 0 Å². The highest BCUT2D eigenvalue weighted by atomic mass is 16.5. The lowest BCUT2D eigenvalue weighted by atomic mass is 10.2. The van der Waals surface area contributed by atoms with Crippen molar-refractivity contribution >= 4 is 5.96 Å². The zero-order chi connectivity index (χ0) is 17.2. The van der Waals surface area contributed by atoms with Crippen LogP contribution >= 0.6 is 0 Å². The van der Waals surface area contributed by atoms with Crippen LogP contribution in [0.4, 0.5) is 0 Å². The number of guanidine groups is 1. The number of hydrogen-bond donors (Lipinski definition) is 3. The fourth-order valence-electron chi connectivity index (χ4n) is 2.24. The van der Waals surface area contributed by atoms with Gasteiger partial charge >= 0.3 is 0 Å². The molecule has 0 radical (unpaired) electrons. The zero-order valence-corrected chi connectivity index (χ0v) is 14.7. The standard InChI is InChI=1S/C18H29N3O3/c1-3-19-18(20-9-4-10-24-13-14-5-6-14)21-12-15-11-16(23-2)7-8-17(15)22/h7-8,11,14,22H,3-6,9-10,12-13H2,1-2H3,(H2,19,20,21). The first kappa shape index (κ1) is 18.4. The van der Waals surface area contributed by atoms with Crippen molar-refractivity contribution in [3.63, 3.8) is 0 Å². The van der Waals surface area contributed by atoms with Gasteiger partial charge in [-0.2, -0.15) is 0 Å². The summed E-state index contributed by atoms with van der Waals surface area (Å²) in [4.78, 5) is 4.51. The van der Waals surface area contributed by atoms with E-state index < -0.39 is 0 Å². The first-order valence-electron chi connectivity index (χ1n) is 8.68. The Morgan fingerprint density at radius 3 is 2.88 bits per heavy atom. The van der Waals surface area contributed by atoms with Gasteiger partial charge in [-0.1, -0.05) is 0 Å². The van der Waals surface area contributed by atoms with Crippen LogP contribution in [0.15, 0.2) is 23.2 Å². The molecule has 0 atom stereocenters. The minimum Gasteiger partial charge on any atom is -0.508 e. The molecule has 0 spiro atoms. The molecular formula is C18H29N3O3. The Morgan fingerprint density at radius 1 is 1.33 bits per heavy atom. The molecule has 0 amide bonds. The quantitative estimate of drug-likeness (QED) is 0.347. The van der Waals surface area contributed by atoms with Crippen LogP contribution in [0, 0.1) is 5.92 Å². The van der Waals surface area contributed by atoms with Crippen LogP contribution in [0.5, 0.6) is 11.5 Å².